The lowest BCUT2D eigenvalue weighted by Crippen LogP contribution is -2.49. The minimum atomic E-state index is -0.684. The van der Waals surface area contributed by atoms with Crippen LogP contribution in [0.4, 0.5) is 0 Å². The van der Waals surface area contributed by atoms with E-state index in [0.717, 1.165) is 30.6 Å². The summed E-state index contributed by atoms with van der Waals surface area (Å²) >= 11 is 0. The van der Waals surface area contributed by atoms with Crippen molar-refractivity contribution in [2.75, 3.05) is 0 Å². The summed E-state index contributed by atoms with van der Waals surface area (Å²) in [7, 11) is 0. The summed E-state index contributed by atoms with van der Waals surface area (Å²) in [6.07, 6.45) is 7.80. The van der Waals surface area contributed by atoms with Gasteiger partial charge in [0.2, 0.25) is 0 Å². The van der Waals surface area contributed by atoms with Crippen molar-refractivity contribution < 1.29 is 5.11 Å². The molecule has 2 aliphatic rings. The molecule has 4 heteroatoms. The maximum absolute atomic E-state index is 11.3. The third kappa shape index (κ3) is 2.94. The average molecular weight is 337 g/mol. The Kier molecular flexibility index (Phi) is 4.05. The zero-order valence-corrected chi connectivity index (χ0v) is 15.2. The molecule has 1 N–H and O–H groups in total. The second kappa shape index (κ2) is 6.11. The molecule has 0 amide bonds. The highest BCUT2D eigenvalue weighted by atomic mass is 16.3. The highest BCUT2D eigenvalue weighted by molar-refractivity contribution is 5.29. The standard InChI is InChI=1S/C21H27N3O/c1-4-23-13-17(16(3)22-23)14-24-19-9-10-20(24)12-21(25,11-19)18-7-5-15(2)6-8-18/h4-8,13,19-20,25H,1,9-12,14H2,2-3H3/t19-,20+,21?. The van der Waals surface area contributed by atoms with Gasteiger partial charge in [0.05, 0.1) is 11.3 Å². The number of fused-ring (bicyclic) bond motifs is 2. The molecule has 0 saturated carbocycles. The van der Waals surface area contributed by atoms with Gasteiger partial charge in [-0.05, 0) is 45.1 Å². The molecular formula is C21H27N3O. The van der Waals surface area contributed by atoms with Gasteiger partial charge in [0.15, 0.2) is 0 Å². The zero-order chi connectivity index (χ0) is 17.6. The molecule has 1 unspecified atom stereocenters. The van der Waals surface area contributed by atoms with Gasteiger partial charge in [-0.2, -0.15) is 5.10 Å². The van der Waals surface area contributed by atoms with Crippen LogP contribution in [-0.2, 0) is 12.1 Å². The number of aryl methyl sites for hydroxylation is 2. The van der Waals surface area contributed by atoms with E-state index in [1.165, 1.54) is 24.0 Å². The van der Waals surface area contributed by atoms with Crippen LogP contribution < -0.4 is 0 Å². The lowest BCUT2D eigenvalue weighted by atomic mass is 9.80. The van der Waals surface area contributed by atoms with Crippen LogP contribution in [-0.4, -0.2) is 31.9 Å². The Balaban J connectivity index is 1.54. The van der Waals surface area contributed by atoms with Crippen LogP contribution in [0.1, 0.15) is 48.1 Å². The maximum atomic E-state index is 11.3. The number of aromatic nitrogens is 2. The minimum absolute atomic E-state index is 0.441. The predicted octanol–water partition coefficient (Wildman–Crippen LogP) is 3.62. The Hall–Kier alpha value is -1.91. The molecule has 1 aromatic carbocycles. The fourth-order valence-corrected chi connectivity index (χ4v) is 4.64. The summed E-state index contributed by atoms with van der Waals surface area (Å²) in [4.78, 5) is 2.58. The Morgan fingerprint density at radius 3 is 2.40 bits per heavy atom. The first-order valence-corrected chi connectivity index (χ1v) is 9.21. The van der Waals surface area contributed by atoms with Gasteiger partial charge in [-0.15, -0.1) is 0 Å². The zero-order valence-electron chi connectivity index (χ0n) is 15.2. The van der Waals surface area contributed by atoms with Crippen molar-refractivity contribution in [3.05, 3.63) is 59.4 Å². The van der Waals surface area contributed by atoms with Crippen LogP contribution in [0.2, 0.25) is 0 Å². The Labute approximate surface area is 149 Å². The molecule has 2 fully saturated rings. The van der Waals surface area contributed by atoms with Crippen LogP contribution in [0.25, 0.3) is 6.20 Å². The highest BCUT2D eigenvalue weighted by Gasteiger charge is 2.48. The Morgan fingerprint density at radius 2 is 1.84 bits per heavy atom. The quantitative estimate of drug-likeness (QED) is 0.926. The molecular weight excluding hydrogens is 310 g/mol. The fourth-order valence-electron chi connectivity index (χ4n) is 4.64. The van der Waals surface area contributed by atoms with E-state index >= 15 is 0 Å². The summed E-state index contributed by atoms with van der Waals surface area (Å²) in [5, 5.41) is 15.8. The largest absolute Gasteiger partial charge is 0.385 e. The van der Waals surface area contributed by atoms with E-state index < -0.39 is 5.60 Å². The van der Waals surface area contributed by atoms with Crippen LogP contribution in [0.5, 0.6) is 0 Å². The van der Waals surface area contributed by atoms with E-state index in [1.807, 2.05) is 0 Å². The van der Waals surface area contributed by atoms with Crippen LogP contribution >= 0.6 is 0 Å². The van der Waals surface area contributed by atoms with Gasteiger partial charge < -0.3 is 5.11 Å². The second-order valence-corrected chi connectivity index (χ2v) is 7.77. The molecule has 132 valence electrons. The second-order valence-electron chi connectivity index (χ2n) is 7.77. The van der Waals surface area contributed by atoms with Crippen molar-refractivity contribution in [1.82, 2.24) is 14.7 Å². The number of aliphatic hydroxyl groups is 1. The number of benzene rings is 1. The van der Waals surface area contributed by atoms with Crippen LogP contribution in [0.3, 0.4) is 0 Å². The van der Waals surface area contributed by atoms with Crippen molar-refractivity contribution in [2.24, 2.45) is 0 Å². The van der Waals surface area contributed by atoms with Gasteiger partial charge in [0.25, 0.3) is 0 Å². The minimum Gasteiger partial charge on any atom is -0.385 e. The van der Waals surface area contributed by atoms with Crippen LogP contribution in [0, 0.1) is 13.8 Å². The van der Waals surface area contributed by atoms with Crippen molar-refractivity contribution in [1.29, 1.82) is 0 Å². The molecule has 0 spiro atoms. The number of rotatable bonds is 4. The first kappa shape index (κ1) is 16.6. The van der Waals surface area contributed by atoms with E-state index in [9.17, 15) is 5.11 Å². The number of hydrogen-bond acceptors (Lipinski definition) is 3. The molecule has 4 rings (SSSR count). The van der Waals surface area contributed by atoms with Gasteiger partial charge >= 0.3 is 0 Å². The van der Waals surface area contributed by atoms with Gasteiger partial charge in [-0.25, -0.2) is 4.68 Å². The van der Waals surface area contributed by atoms with Gasteiger partial charge in [0.1, 0.15) is 0 Å². The van der Waals surface area contributed by atoms with Gasteiger partial charge in [-0.1, -0.05) is 36.4 Å². The molecule has 3 heterocycles. The summed E-state index contributed by atoms with van der Waals surface area (Å²) in [6, 6.07) is 9.29. The lowest BCUT2D eigenvalue weighted by molar-refractivity contribution is -0.0595. The summed E-state index contributed by atoms with van der Waals surface area (Å²) < 4.78 is 1.79. The summed E-state index contributed by atoms with van der Waals surface area (Å²) in [5.41, 5.74) is 3.96. The SMILES string of the molecule is C=Cn1cc(CN2[C@@H]3CC[C@H]2CC(O)(c2ccc(C)cc2)C3)c(C)n1. The smallest absolute Gasteiger partial charge is 0.0926 e. The van der Waals surface area contributed by atoms with Crippen molar-refractivity contribution in [2.45, 2.75) is 63.8 Å². The monoisotopic (exact) mass is 337 g/mol. The third-order valence-corrected chi connectivity index (χ3v) is 6.06. The van der Waals surface area contributed by atoms with E-state index in [0.29, 0.717) is 12.1 Å². The molecule has 2 bridgehead atoms. The molecule has 3 atom stereocenters. The van der Waals surface area contributed by atoms with E-state index in [2.05, 4.69) is 60.9 Å². The summed E-state index contributed by atoms with van der Waals surface area (Å²) in [5.74, 6) is 0. The molecule has 4 nitrogen and oxygen atoms in total. The molecule has 0 radical (unpaired) electrons. The van der Waals surface area contributed by atoms with Crippen LogP contribution in [0.15, 0.2) is 37.0 Å². The molecule has 1 aromatic heterocycles. The van der Waals surface area contributed by atoms with Gasteiger partial charge in [-0.3, -0.25) is 4.90 Å². The topological polar surface area (TPSA) is 41.3 Å². The molecule has 0 aliphatic carbocycles. The molecule has 2 aromatic rings. The first-order chi connectivity index (χ1) is 12.0. The van der Waals surface area contributed by atoms with E-state index in [1.54, 1.807) is 10.9 Å². The number of piperidine rings is 1. The number of hydrogen-bond donors (Lipinski definition) is 1. The Morgan fingerprint density at radius 1 is 1.20 bits per heavy atom. The lowest BCUT2D eigenvalue weighted by Gasteiger charge is -2.44. The first-order valence-electron chi connectivity index (χ1n) is 9.21. The molecule has 2 aliphatic heterocycles. The van der Waals surface area contributed by atoms with Crippen molar-refractivity contribution >= 4 is 6.20 Å². The number of nitrogens with zero attached hydrogens (tertiary/aromatic N) is 3. The maximum Gasteiger partial charge on any atom is 0.0926 e. The van der Waals surface area contributed by atoms with Gasteiger partial charge in [0, 0.05) is 36.6 Å². The highest BCUT2D eigenvalue weighted by Crippen LogP contribution is 2.46. The van der Waals surface area contributed by atoms with Crippen molar-refractivity contribution in [3.63, 3.8) is 0 Å². The molecule has 25 heavy (non-hydrogen) atoms. The third-order valence-electron chi connectivity index (χ3n) is 6.06. The average Bonchev–Trinajstić information content (AvgIpc) is 3.06. The van der Waals surface area contributed by atoms with Crippen molar-refractivity contribution in [3.8, 4) is 0 Å². The van der Waals surface area contributed by atoms with E-state index in [-0.39, 0.29) is 0 Å². The Bertz CT molecular complexity index is 763. The normalized spacial score (nSPS) is 29.1. The van der Waals surface area contributed by atoms with E-state index in [4.69, 9.17) is 0 Å². The molecule has 2 saturated heterocycles. The predicted molar refractivity (Wildman–Crippen MR) is 100 cm³/mol. The summed E-state index contributed by atoms with van der Waals surface area (Å²) in [6.45, 7) is 8.85. The fraction of sp³-hybridized carbons (Fsp3) is 0.476.